The number of rotatable bonds is 1. The van der Waals surface area contributed by atoms with Gasteiger partial charge in [0, 0.05) is 5.02 Å². The number of aromatic amines is 2. The number of hydrogen-bond acceptors (Lipinski definition) is 3. The molecule has 0 aliphatic carbocycles. The van der Waals surface area contributed by atoms with Gasteiger partial charge >= 0.3 is 5.69 Å². The fourth-order valence-corrected chi connectivity index (χ4v) is 1.95. The summed E-state index contributed by atoms with van der Waals surface area (Å²) in [6, 6.07) is 6.50. The lowest BCUT2D eigenvalue weighted by Crippen LogP contribution is -2.33. The van der Waals surface area contributed by atoms with Gasteiger partial charge in [-0.3, -0.25) is 9.78 Å². The molecule has 0 unspecified atom stereocenters. The normalized spacial score (nSPS) is 10.9. The summed E-state index contributed by atoms with van der Waals surface area (Å²) in [7, 11) is 0. The van der Waals surface area contributed by atoms with Gasteiger partial charge < -0.3 is 4.98 Å². The lowest BCUT2D eigenvalue weighted by Gasteiger charge is -2.04. The van der Waals surface area contributed by atoms with Crippen LogP contribution in [-0.4, -0.2) is 19.5 Å². The van der Waals surface area contributed by atoms with Crippen molar-refractivity contribution in [3.63, 3.8) is 0 Å². The third-order valence-corrected chi connectivity index (χ3v) is 2.79. The van der Waals surface area contributed by atoms with E-state index in [4.69, 9.17) is 11.6 Å². The highest BCUT2D eigenvalue weighted by atomic mass is 35.5. The standard InChI is InChI=1S/C11H7ClN4O2/c12-6-2-1-3-7(4-6)16-10(17)8-9(14-5-13-8)15-11(16)18/h1-5H,(H,13,14)(H,15,18). The SMILES string of the molecule is O=c1[nH]c2nc[nH]c2c(=O)n1-c1cccc(Cl)c1. The molecule has 2 N–H and O–H groups in total. The molecule has 0 spiro atoms. The van der Waals surface area contributed by atoms with E-state index in [-0.39, 0.29) is 11.2 Å². The van der Waals surface area contributed by atoms with Gasteiger partial charge in [0.05, 0.1) is 12.0 Å². The zero-order valence-corrected chi connectivity index (χ0v) is 9.73. The van der Waals surface area contributed by atoms with E-state index < -0.39 is 11.2 Å². The molecule has 0 fully saturated rings. The van der Waals surface area contributed by atoms with E-state index >= 15 is 0 Å². The van der Waals surface area contributed by atoms with Crippen LogP contribution < -0.4 is 11.2 Å². The Morgan fingerprint density at radius 3 is 2.89 bits per heavy atom. The van der Waals surface area contributed by atoms with E-state index in [1.165, 1.54) is 6.33 Å². The van der Waals surface area contributed by atoms with Crippen molar-refractivity contribution in [1.82, 2.24) is 19.5 Å². The third-order valence-electron chi connectivity index (χ3n) is 2.55. The predicted molar refractivity (Wildman–Crippen MR) is 67.3 cm³/mol. The molecule has 0 saturated heterocycles. The molecular weight excluding hydrogens is 256 g/mol. The second kappa shape index (κ2) is 3.85. The first-order valence-corrected chi connectivity index (χ1v) is 5.49. The first kappa shape index (κ1) is 10.8. The Kier molecular flexibility index (Phi) is 2.31. The molecule has 0 saturated carbocycles. The van der Waals surface area contributed by atoms with Gasteiger partial charge in [0.15, 0.2) is 5.65 Å². The number of nitrogens with zero attached hydrogens (tertiary/aromatic N) is 2. The highest BCUT2D eigenvalue weighted by Gasteiger charge is 2.10. The lowest BCUT2D eigenvalue weighted by molar-refractivity contribution is 0.896. The van der Waals surface area contributed by atoms with Crippen molar-refractivity contribution in [2.24, 2.45) is 0 Å². The maximum absolute atomic E-state index is 12.2. The Labute approximate surface area is 105 Å². The smallest absolute Gasteiger partial charge is 0.334 e. The molecule has 18 heavy (non-hydrogen) atoms. The fraction of sp³-hybridized carbons (Fsp3) is 0. The molecule has 7 heteroatoms. The molecule has 0 radical (unpaired) electrons. The van der Waals surface area contributed by atoms with Crippen molar-refractivity contribution in [1.29, 1.82) is 0 Å². The molecule has 3 rings (SSSR count). The maximum Gasteiger partial charge on any atom is 0.334 e. The number of halogens is 1. The van der Waals surface area contributed by atoms with Crippen LogP contribution in [-0.2, 0) is 0 Å². The lowest BCUT2D eigenvalue weighted by atomic mass is 10.3. The van der Waals surface area contributed by atoms with Gasteiger partial charge in [0.1, 0.15) is 5.52 Å². The minimum absolute atomic E-state index is 0.239. The van der Waals surface area contributed by atoms with Crippen LogP contribution in [0, 0.1) is 0 Å². The predicted octanol–water partition coefficient (Wildman–Crippen LogP) is 1.06. The Morgan fingerprint density at radius 1 is 1.28 bits per heavy atom. The summed E-state index contributed by atoms with van der Waals surface area (Å²) < 4.78 is 1.01. The molecule has 2 aromatic heterocycles. The minimum atomic E-state index is -0.554. The molecule has 90 valence electrons. The van der Waals surface area contributed by atoms with E-state index in [2.05, 4.69) is 15.0 Å². The largest absolute Gasteiger partial charge is 0.339 e. The summed E-state index contributed by atoms with van der Waals surface area (Å²) in [4.78, 5) is 33.1. The summed E-state index contributed by atoms with van der Waals surface area (Å²) in [5.41, 5.74) is -0.126. The summed E-state index contributed by atoms with van der Waals surface area (Å²) >= 11 is 5.85. The fourth-order valence-electron chi connectivity index (χ4n) is 1.76. The van der Waals surface area contributed by atoms with E-state index in [1.54, 1.807) is 24.3 Å². The minimum Gasteiger partial charge on any atom is -0.339 e. The van der Waals surface area contributed by atoms with Crippen molar-refractivity contribution in [3.8, 4) is 5.69 Å². The average molecular weight is 263 g/mol. The van der Waals surface area contributed by atoms with Crippen LogP contribution in [0.15, 0.2) is 40.2 Å². The van der Waals surface area contributed by atoms with Gasteiger partial charge in [-0.1, -0.05) is 17.7 Å². The Morgan fingerprint density at radius 2 is 2.11 bits per heavy atom. The van der Waals surface area contributed by atoms with E-state index in [0.29, 0.717) is 10.7 Å². The number of hydrogen-bond donors (Lipinski definition) is 2. The van der Waals surface area contributed by atoms with Crippen LogP contribution in [0.25, 0.3) is 16.9 Å². The number of fused-ring (bicyclic) bond motifs is 1. The summed E-state index contributed by atoms with van der Waals surface area (Å²) in [6.07, 6.45) is 1.35. The first-order chi connectivity index (χ1) is 8.66. The summed E-state index contributed by atoms with van der Waals surface area (Å²) in [5, 5.41) is 0.448. The highest BCUT2D eigenvalue weighted by molar-refractivity contribution is 6.30. The van der Waals surface area contributed by atoms with Crippen molar-refractivity contribution in [2.45, 2.75) is 0 Å². The number of benzene rings is 1. The average Bonchev–Trinajstić information content (AvgIpc) is 2.77. The first-order valence-electron chi connectivity index (χ1n) is 5.11. The monoisotopic (exact) mass is 262 g/mol. The van der Waals surface area contributed by atoms with Crippen molar-refractivity contribution >= 4 is 22.8 Å². The topological polar surface area (TPSA) is 83.5 Å². The van der Waals surface area contributed by atoms with Gasteiger partial charge in [0.25, 0.3) is 5.56 Å². The molecule has 0 atom stereocenters. The number of H-pyrrole nitrogens is 2. The second-order valence-electron chi connectivity index (χ2n) is 3.68. The number of imidazole rings is 1. The van der Waals surface area contributed by atoms with E-state index in [1.807, 2.05) is 0 Å². The van der Waals surface area contributed by atoms with Crippen LogP contribution in [0.1, 0.15) is 0 Å². The molecular formula is C11H7ClN4O2. The maximum atomic E-state index is 12.2. The van der Waals surface area contributed by atoms with Crippen molar-refractivity contribution in [3.05, 3.63) is 56.5 Å². The summed E-state index contributed by atoms with van der Waals surface area (Å²) in [6.45, 7) is 0. The molecule has 0 aliphatic heterocycles. The number of nitrogens with one attached hydrogen (secondary N) is 2. The molecule has 0 bridgehead atoms. The highest BCUT2D eigenvalue weighted by Crippen LogP contribution is 2.12. The van der Waals surface area contributed by atoms with Gasteiger partial charge in [-0.25, -0.2) is 14.3 Å². The van der Waals surface area contributed by atoms with Gasteiger partial charge in [-0.2, -0.15) is 0 Å². The van der Waals surface area contributed by atoms with Crippen LogP contribution in [0.5, 0.6) is 0 Å². The van der Waals surface area contributed by atoms with Crippen LogP contribution in [0.2, 0.25) is 5.02 Å². The quantitative estimate of drug-likeness (QED) is 0.688. The Bertz CT molecular complexity index is 846. The summed E-state index contributed by atoms with van der Waals surface area (Å²) in [5.74, 6) is 0. The van der Waals surface area contributed by atoms with Gasteiger partial charge in [-0.05, 0) is 18.2 Å². The van der Waals surface area contributed by atoms with Crippen molar-refractivity contribution in [2.75, 3.05) is 0 Å². The van der Waals surface area contributed by atoms with Crippen LogP contribution >= 0.6 is 11.6 Å². The van der Waals surface area contributed by atoms with Crippen LogP contribution in [0.4, 0.5) is 0 Å². The Balaban J connectivity index is 2.42. The van der Waals surface area contributed by atoms with Gasteiger partial charge in [-0.15, -0.1) is 0 Å². The molecule has 6 nitrogen and oxygen atoms in total. The zero-order chi connectivity index (χ0) is 12.7. The van der Waals surface area contributed by atoms with Crippen LogP contribution in [0.3, 0.4) is 0 Å². The molecule has 1 aromatic carbocycles. The number of aromatic nitrogens is 4. The van der Waals surface area contributed by atoms with E-state index in [9.17, 15) is 9.59 Å². The molecule has 2 heterocycles. The second-order valence-corrected chi connectivity index (χ2v) is 4.11. The molecule has 0 amide bonds. The third kappa shape index (κ3) is 1.54. The molecule has 0 aliphatic rings. The van der Waals surface area contributed by atoms with E-state index in [0.717, 1.165) is 4.57 Å². The zero-order valence-electron chi connectivity index (χ0n) is 8.98. The van der Waals surface area contributed by atoms with Crippen molar-refractivity contribution < 1.29 is 0 Å². The van der Waals surface area contributed by atoms with Gasteiger partial charge in [0.2, 0.25) is 0 Å². The molecule has 3 aromatic rings. The Hall–Kier alpha value is -2.34.